The van der Waals surface area contributed by atoms with Crippen LogP contribution in [0, 0.1) is 12.8 Å². The highest BCUT2D eigenvalue weighted by molar-refractivity contribution is 5.27. The fourth-order valence-corrected chi connectivity index (χ4v) is 3.94. The molecule has 0 saturated heterocycles. The Bertz CT molecular complexity index is 433. The van der Waals surface area contributed by atoms with Gasteiger partial charge in [0.2, 0.25) is 0 Å². The minimum absolute atomic E-state index is 0.777. The second-order valence-corrected chi connectivity index (χ2v) is 7.26. The maximum atomic E-state index is 3.93. The van der Waals surface area contributed by atoms with Gasteiger partial charge >= 0.3 is 0 Å². The van der Waals surface area contributed by atoms with Gasteiger partial charge < -0.3 is 5.32 Å². The van der Waals surface area contributed by atoms with Gasteiger partial charge in [0.25, 0.3) is 0 Å². The molecule has 1 N–H and O–H groups in total. The molecular weight excluding hydrogens is 242 g/mol. The Kier molecular flexibility index (Phi) is 4.45. The summed E-state index contributed by atoms with van der Waals surface area (Å²) < 4.78 is 0. The summed E-state index contributed by atoms with van der Waals surface area (Å²) in [5, 5.41) is 3.93. The standard InChI is InChI=1S/C19H29N/c1-14-5-4-8-18(10-9-14)20-19-12-17(13-19)16-7-3-6-15(2)11-16/h3,6-7,11,14,17-20H,4-5,8-10,12-13H2,1-2H3. The molecule has 2 unspecified atom stereocenters. The topological polar surface area (TPSA) is 12.0 Å². The first-order valence-electron chi connectivity index (χ1n) is 8.53. The molecule has 0 heterocycles. The van der Waals surface area contributed by atoms with Crippen molar-refractivity contribution < 1.29 is 0 Å². The highest BCUT2D eigenvalue weighted by Crippen LogP contribution is 2.38. The fraction of sp³-hybridized carbons (Fsp3) is 0.684. The van der Waals surface area contributed by atoms with E-state index in [2.05, 4.69) is 43.4 Å². The van der Waals surface area contributed by atoms with Crippen LogP contribution in [0.1, 0.15) is 68.9 Å². The summed E-state index contributed by atoms with van der Waals surface area (Å²) in [7, 11) is 0. The van der Waals surface area contributed by atoms with Crippen molar-refractivity contribution in [2.24, 2.45) is 5.92 Å². The van der Waals surface area contributed by atoms with Gasteiger partial charge in [-0.05, 0) is 56.4 Å². The van der Waals surface area contributed by atoms with E-state index in [1.807, 2.05) is 0 Å². The molecule has 1 aromatic carbocycles. The molecule has 1 heteroatoms. The van der Waals surface area contributed by atoms with Crippen LogP contribution in [0.5, 0.6) is 0 Å². The van der Waals surface area contributed by atoms with Crippen LogP contribution in [0.3, 0.4) is 0 Å². The van der Waals surface area contributed by atoms with Crippen molar-refractivity contribution in [3.05, 3.63) is 35.4 Å². The third kappa shape index (κ3) is 3.44. The van der Waals surface area contributed by atoms with Crippen LogP contribution in [0.25, 0.3) is 0 Å². The van der Waals surface area contributed by atoms with Crippen molar-refractivity contribution in [2.45, 2.75) is 76.8 Å². The zero-order chi connectivity index (χ0) is 13.9. The van der Waals surface area contributed by atoms with Gasteiger partial charge in [-0.1, -0.05) is 49.6 Å². The van der Waals surface area contributed by atoms with E-state index < -0.39 is 0 Å². The van der Waals surface area contributed by atoms with Crippen molar-refractivity contribution in [1.29, 1.82) is 0 Å². The number of benzene rings is 1. The Morgan fingerprint density at radius 2 is 1.85 bits per heavy atom. The Morgan fingerprint density at radius 1 is 1.00 bits per heavy atom. The van der Waals surface area contributed by atoms with E-state index in [-0.39, 0.29) is 0 Å². The molecule has 20 heavy (non-hydrogen) atoms. The smallest absolute Gasteiger partial charge is 0.00813 e. The number of rotatable bonds is 3. The average Bonchev–Trinajstić information content (AvgIpc) is 2.58. The minimum atomic E-state index is 0.777. The molecule has 110 valence electrons. The van der Waals surface area contributed by atoms with Gasteiger partial charge in [0.15, 0.2) is 0 Å². The third-order valence-electron chi connectivity index (χ3n) is 5.38. The first kappa shape index (κ1) is 14.1. The van der Waals surface area contributed by atoms with E-state index in [1.54, 1.807) is 5.56 Å². The molecule has 2 aliphatic carbocycles. The summed E-state index contributed by atoms with van der Waals surface area (Å²) in [4.78, 5) is 0. The van der Waals surface area contributed by atoms with E-state index in [4.69, 9.17) is 0 Å². The van der Waals surface area contributed by atoms with E-state index in [9.17, 15) is 0 Å². The molecule has 0 radical (unpaired) electrons. The summed E-state index contributed by atoms with van der Waals surface area (Å²) in [6, 6.07) is 10.7. The molecule has 2 saturated carbocycles. The summed E-state index contributed by atoms with van der Waals surface area (Å²) in [5.74, 6) is 1.75. The normalized spacial score (nSPS) is 34.3. The quantitative estimate of drug-likeness (QED) is 0.779. The van der Waals surface area contributed by atoms with Crippen LogP contribution in [-0.2, 0) is 0 Å². The van der Waals surface area contributed by atoms with Gasteiger partial charge in [-0.15, -0.1) is 0 Å². The van der Waals surface area contributed by atoms with Crippen LogP contribution in [0.2, 0.25) is 0 Å². The Hall–Kier alpha value is -0.820. The minimum Gasteiger partial charge on any atom is -0.311 e. The second-order valence-electron chi connectivity index (χ2n) is 7.26. The number of hydrogen-bond donors (Lipinski definition) is 1. The molecule has 0 spiro atoms. The van der Waals surface area contributed by atoms with Crippen LogP contribution < -0.4 is 5.32 Å². The van der Waals surface area contributed by atoms with Gasteiger partial charge in [-0.2, -0.15) is 0 Å². The fourth-order valence-electron chi connectivity index (χ4n) is 3.94. The highest BCUT2D eigenvalue weighted by Gasteiger charge is 2.31. The Morgan fingerprint density at radius 3 is 2.65 bits per heavy atom. The van der Waals surface area contributed by atoms with E-state index in [0.29, 0.717) is 0 Å². The lowest BCUT2D eigenvalue weighted by Crippen LogP contribution is -2.45. The maximum absolute atomic E-state index is 3.93. The lowest BCUT2D eigenvalue weighted by atomic mass is 9.75. The van der Waals surface area contributed by atoms with E-state index in [1.165, 1.54) is 50.5 Å². The molecule has 0 amide bonds. The van der Waals surface area contributed by atoms with Crippen LogP contribution in [0.4, 0.5) is 0 Å². The SMILES string of the molecule is Cc1cccc(C2CC(NC3CCCC(C)CC3)C2)c1. The van der Waals surface area contributed by atoms with Crippen LogP contribution in [-0.4, -0.2) is 12.1 Å². The third-order valence-corrected chi connectivity index (χ3v) is 5.38. The molecule has 2 atom stereocenters. The molecule has 2 aliphatic rings. The Balaban J connectivity index is 1.46. The summed E-state index contributed by atoms with van der Waals surface area (Å²) in [5.41, 5.74) is 2.95. The first-order chi connectivity index (χ1) is 9.70. The van der Waals surface area contributed by atoms with Gasteiger partial charge in [-0.3, -0.25) is 0 Å². The molecular formula is C19H29N. The maximum Gasteiger partial charge on any atom is 0.00813 e. The van der Waals surface area contributed by atoms with Crippen molar-refractivity contribution >= 4 is 0 Å². The van der Waals surface area contributed by atoms with Crippen LogP contribution >= 0.6 is 0 Å². The molecule has 3 rings (SSSR count). The zero-order valence-electron chi connectivity index (χ0n) is 13.1. The molecule has 0 aromatic heterocycles. The molecule has 2 fully saturated rings. The Labute approximate surface area is 124 Å². The second kappa shape index (κ2) is 6.30. The van der Waals surface area contributed by atoms with Crippen molar-refractivity contribution in [3.8, 4) is 0 Å². The molecule has 1 aromatic rings. The monoisotopic (exact) mass is 271 g/mol. The summed E-state index contributed by atoms with van der Waals surface area (Å²) in [6.07, 6.45) is 9.76. The van der Waals surface area contributed by atoms with Gasteiger partial charge in [-0.25, -0.2) is 0 Å². The lowest BCUT2D eigenvalue weighted by molar-refractivity contribution is 0.254. The predicted octanol–water partition coefficient (Wildman–Crippen LogP) is 4.80. The number of nitrogens with one attached hydrogen (secondary N) is 1. The van der Waals surface area contributed by atoms with E-state index >= 15 is 0 Å². The van der Waals surface area contributed by atoms with Crippen molar-refractivity contribution in [3.63, 3.8) is 0 Å². The highest BCUT2D eigenvalue weighted by atomic mass is 15.0. The number of aryl methyl sites for hydroxylation is 1. The largest absolute Gasteiger partial charge is 0.311 e. The van der Waals surface area contributed by atoms with Crippen LogP contribution in [0.15, 0.2) is 24.3 Å². The predicted molar refractivity (Wildman–Crippen MR) is 86.1 cm³/mol. The van der Waals surface area contributed by atoms with Crippen molar-refractivity contribution in [2.75, 3.05) is 0 Å². The molecule has 0 aliphatic heterocycles. The average molecular weight is 271 g/mol. The summed E-state index contributed by atoms with van der Waals surface area (Å²) >= 11 is 0. The number of hydrogen-bond acceptors (Lipinski definition) is 1. The lowest BCUT2D eigenvalue weighted by Gasteiger charge is -2.39. The van der Waals surface area contributed by atoms with Gasteiger partial charge in [0.1, 0.15) is 0 Å². The van der Waals surface area contributed by atoms with E-state index in [0.717, 1.165) is 23.9 Å². The molecule has 0 bridgehead atoms. The zero-order valence-corrected chi connectivity index (χ0v) is 13.1. The summed E-state index contributed by atoms with van der Waals surface area (Å²) in [6.45, 7) is 4.62. The van der Waals surface area contributed by atoms with Gasteiger partial charge in [0, 0.05) is 12.1 Å². The van der Waals surface area contributed by atoms with Crippen molar-refractivity contribution in [1.82, 2.24) is 5.32 Å². The van der Waals surface area contributed by atoms with Gasteiger partial charge in [0.05, 0.1) is 0 Å². The molecule has 1 nitrogen and oxygen atoms in total. The first-order valence-corrected chi connectivity index (χ1v) is 8.53.